The summed E-state index contributed by atoms with van der Waals surface area (Å²) in [6.45, 7) is 2.73. The third-order valence-corrected chi connectivity index (χ3v) is 4.46. The van der Waals surface area contributed by atoms with Gasteiger partial charge in [-0.1, -0.05) is 6.92 Å². The second kappa shape index (κ2) is 7.16. The van der Waals surface area contributed by atoms with Gasteiger partial charge in [-0.15, -0.1) is 0 Å². The number of anilines is 2. The second-order valence-corrected chi connectivity index (χ2v) is 6.98. The van der Waals surface area contributed by atoms with E-state index in [9.17, 15) is 14.7 Å². The number of hydrogen-bond donors (Lipinski definition) is 2. The van der Waals surface area contributed by atoms with E-state index < -0.39 is 11.9 Å². The minimum atomic E-state index is -0.856. The van der Waals surface area contributed by atoms with E-state index in [1.165, 1.54) is 0 Å². The van der Waals surface area contributed by atoms with Crippen molar-refractivity contribution in [3.05, 3.63) is 16.7 Å². The molecule has 0 saturated carbocycles. The highest BCUT2D eigenvalue weighted by Crippen LogP contribution is 2.27. The number of piperidine rings is 1. The van der Waals surface area contributed by atoms with E-state index in [4.69, 9.17) is 0 Å². The Kier molecular flexibility index (Phi) is 5.46. The molecule has 2 amide bonds. The number of pyridine rings is 1. The van der Waals surface area contributed by atoms with Gasteiger partial charge in [0.25, 0.3) is 0 Å². The number of urea groups is 1. The number of nitrogens with zero attached hydrogens (tertiary/aromatic N) is 3. The van der Waals surface area contributed by atoms with Gasteiger partial charge in [-0.2, -0.15) is 0 Å². The molecule has 2 atom stereocenters. The van der Waals surface area contributed by atoms with Crippen LogP contribution in [0.5, 0.6) is 0 Å². The Morgan fingerprint density at radius 3 is 2.74 bits per heavy atom. The molecule has 1 aromatic heterocycles. The van der Waals surface area contributed by atoms with Gasteiger partial charge >= 0.3 is 12.0 Å². The quantitative estimate of drug-likeness (QED) is 0.835. The van der Waals surface area contributed by atoms with Crippen LogP contribution in [0.4, 0.5) is 16.3 Å². The minimum Gasteiger partial charge on any atom is -0.481 e. The van der Waals surface area contributed by atoms with Crippen LogP contribution in [0.2, 0.25) is 0 Å². The number of halogens is 1. The predicted octanol–water partition coefficient (Wildman–Crippen LogP) is 2.48. The normalized spacial score (nSPS) is 21.0. The molecule has 7 nitrogen and oxygen atoms in total. The van der Waals surface area contributed by atoms with Crippen molar-refractivity contribution in [2.45, 2.75) is 13.3 Å². The molecule has 23 heavy (non-hydrogen) atoms. The van der Waals surface area contributed by atoms with Gasteiger partial charge in [0.1, 0.15) is 5.82 Å². The Morgan fingerprint density at radius 1 is 1.43 bits per heavy atom. The lowest BCUT2D eigenvalue weighted by molar-refractivity contribution is -0.143. The number of hydrogen-bond acceptors (Lipinski definition) is 4. The number of carboxylic acids is 1. The van der Waals surface area contributed by atoms with E-state index in [0.29, 0.717) is 18.8 Å². The summed E-state index contributed by atoms with van der Waals surface area (Å²) < 4.78 is 0.832. The number of amides is 2. The predicted molar refractivity (Wildman–Crippen MR) is 91.8 cm³/mol. The number of carbonyl (C=O) groups is 2. The van der Waals surface area contributed by atoms with E-state index in [-0.39, 0.29) is 18.5 Å². The molecule has 2 unspecified atom stereocenters. The van der Waals surface area contributed by atoms with E-state index in [0.717, 1.165) is 10.2 Å². The number of rotatable bonds is 3. The number of nitrogens with one attached hydrogen (secondary N) is 1. The van der Waals surface area contributed by atoms with Crippen LogP contribution in [0, 0.1) is 11.8 Å². The summed E-state index contributed by atoms with van der Waals surface area (Å²) in [5.74, 6) is -0.775. The molecule has 1 aliphatic rings. The summed E-state index contributed by atoms with van der Waals surface area (Å²) in [6, 6.07) is 1.45. The smallest absolute Gasteiger partial charge is 0.323 e. The molecule has 126 valence electrons. The topological polar surface area (TPSA) is 85.8 Å². The Balaban J connectivity index is 2.09. The monoisotopic (exact) mass is 384 g/mol. The standard InChI is InChI=1S/C15H21BrN4O3/c1-9-4-10(14(21)22)8-20(7-9)15(23)18-13-5-12(19(2)3)11(16)6-17-13/h5-6,9-10H,4,7-8H2,1-3H3,(H,21,22)(H,17,18,23). The first-order valence-corrected chi connectivity index (χ1v) is 8.18. The molecule has 0 aliphatic carbocycles. The molecular formula is C15H21BrN4O3. The van der Waals surface area contributed by atoms with Gasteiger partial charge in [-0.25, -0.2) is 9.78 Å². The van der Waals surface area contributed by atoms with Gasteiger partial charge in [-0.05, 0) is 28.3 Å². The largest absolute Gasteiger partial charge is 0.481 e. The number of aliphatic carboxylic acids is 1. The average Bonchev–Trinajstić information content (AvgIpc) is 2.48. The highest BCUT2D eigenvalue weighted by Gasteiger charge is 2.32. The van der Waals surface area contributed by atoms with Crippen molar-refractivity contribution in [3.8, 4) is 0 Å². The lowest BCUT2D eigenvalue weighted by atomic mass is 9.91. The fraction of sp³-hybridized carbons (Fsp3) is 0.533. The molecule has 2 rings (SSSR count). The third-order valence-electron chi connectivity index (χ3n) is 3.85. The maximum Gasteiger partial charge on any atom is 0.323 e. The molecule has 2 heterocycles. The maximum atomic E-state index is 12.4. The minimum absolute atomic E-state index is 0.158. The van der Waals surface area contributed by atoms with E-state index in [2.05, 4.69) is 26.2 Å². The molecule has 1 aromatic rings. The number of likely N-dealkylation sites (tertiary alicyclic amines) is 1. The third kappa shape index (κ3) is 4.34. The summed E-state index contributed by atoms with van der Waals surface area (Å²) in [4.78, 5) is 31.2. The summed E-state index contributed by atoms with van der Waals surface area (Å²) in [7, 11) is 3.80. The number of carbonyl (C=O) groups excluding carboxylic acids is 1. The van der Waals surface area contributed by atoms with Crippen molar-refractivity contribution in [1.29, 1.82) is 0 Å². The number of aromatic nitrogens is 1. The SMILES string of the molecule is CC1CC(C(=O)O)CN(C(=O)Nc2cc(N(C)C)c(Br)cn2)C1. The van der Waals surface area contributed by atoms with Crippen LogP contribution in [-0.2, 0) is 4.79 Å². The van der Waals surface area contributed by atoms with Crippen molar-refractivity contribution in [2.75, 3.05) is 37.4 Å². The van der Waals surface area contributed by atoms with E-state index in [1.54, 1.807) is 17.2 Å². The molecule has 1 saturated heterocycles. The van der Waals surface area contributed by atoms with Crippen molar-refractivity contribution in [2.24, 2.45) is 11.8 Å². The Hall–Kier alpha value is -1.83. The first-order valence-electron chi connectivity index (χ1n) is 7.39. The molecule has 8 heteroatoms. The highest BCUT2D eigenvalue weighted by molar-refractivity contribution is 9.10. The zero-order valence-corrected chi connectivity index (χ0v) is 15.0. The molecule has 0 radical (unpaired) electrons. The fourth-order valence-corrected chi connectivity index (χ4v) is 3.30. The molecular weight excluding hydrogens is 364 g/mol. The van der Waals surface area contributed by atoms with Crippen molar-refractivity contribution < 1.29 is 14.7 Å². The van der Waals surface area contributed by atoms with Crippen molar-refractivity contribution in [1.82, 2.24) is 9.88 Å². The molecule has 0 aromatic carbocycles. The van der Waals surface area contributed by atoms with Gasteiger partial charge in [0.05, 0.1) is 16.1 Å². The van der Waals surface area contributed by atoms with Crippen molar-refractivity contribution >= 4 is 39.4 Å². The Morgan fingerprint density at radius 2 is 2.13 bits per heavy atom. The Labute approximate surface area is 143 Å². The average molecular weight is 385 g/mol. The fourth-order valence-electron chi connectivity index (χ4n) is 2.72. The van der Waals surface area contributed by atoms with Gasteiger partial charge < -0.3 is 14.9 Å². The first kappa shape index (κ1) is 17.5. The van der Waals surface area contributed by atoms with Crippen molar-refractivity contribution in [3.63, 3.8) is 0 Å². The van der Waals surface area contributed by atoms with Gasteiger partial charge in [0.2, 0.25) is 0 Å². The van der Waals surface area contributed by atoms with Crippen LogP contribution >= 0.6 is 15.9 Å². The zero-order chi connectivity index (χ0) is 17.1. The Bertz CT molecular complexity index is 608. The maximum absolute atomic E-state index is 12.4. The lowest BCUT2D eigenvalue weighted by Crippen LogP contribution is -2.47. The summed E-state index contributed by atoms with van der Waals surface area (Å²) >= 11 is 3.41. The van der Waals surface area contributed by atoms with Crippen LogP contribution < -0.4 is 10.2 Å². The molecule has 2 N–H and O–H groups in total. The van der Waals surface area contributed by atoms with E-state index in [1.807, 2.05) is 25.9 Å². The molecule has 0 spiro atoms. The van der Waals surface area contributed by atoms with Crippen LogP contribution in [0.25, 0.3) is 0 Å². The van der Waals surface area contributed by atoms with Crippen LogP contribution in [0.3, 0.4) is 0 Å². The molecule has 1 aliphatic heterocycles. The van der Waals surface area contributed by atoms with Crippen LogP contribution in [0.15, 0.2) is 16.7 Å². The summed E-state index contributed by atoms with van der Waals surface area (Å²) in [6.07, 6.45) is 2.23. The number of carboxylic acid groups (broad SMARTS) is 1. The molecule has 1 fully saturated rings. The first-order chi connectivity index (χ1) is 10.8. The summed E-state index contributed by atoms with van der Waals surface area (Å²) in [5.41, 5.74) is 0.894. The molecule has 0 bridgehead atoms. The second-order valence-electron chi connectivity index (χ2n) is 6.13. The lowest BCUT2D eigenvalue weighted by Gasteiger charge is -2.34. The highest BCUT2D eigenvalue weighted by atomic mass is 79.9. The van der Waals surface area contributed by atoms with E-state index >= 15 is 0 Å². The zero-order valence-electron chi connectivity index (χ0n) is 13.4. The van der Waals surface area contributed by atoms with Crippen LogP contribution in [-0.4, -0.2) is 54.2 Å². The summed E-state index contributed by atoms with van der Waals surface area (Å²) in [5, 5.41) is 11.9. The van der Waals surface area contributed by atoms with Gasteiger partial charge in [0.15, 0.2) is 0 Å². The van der Waals surface area contributed by atoms with Gasteiger partial charge in [0, 0.05) is 39.4 Å². The van der Waals surface area contributed by atoms with Gasteiger partial charge in [-0.3, -0.25) is 10.1 Å². The van der Waals surface area contributed by atoms with Crippen LogP contribution in [0.1, 0.15) is 13.3 Å².